The van der Waals surface area contributed by atoms with Crippen LogP contribution < -0.4 is 0 Å². The normalized spacial score (nSPS) is 18.4. The molecule has 0 aromatic heterocycles. The fourth-order valence-corrected chi connectivity index (χ4v) is 1.86. The molecule has 1 aliphatic carbocycles. The molecular weight excluding hydrogens is 190 g/mol. The van der Waals surface area contributed by atoms with E-state index in [2.05, 4.69) is 4.90 Å². The van der Waals surface area contributed by atoms with Gasteiger partial charge in [0.15, 0.2) is 0 Å². The maximum atomic E-state index is 9.46. The average Bonchev–Trinajstić information content (AvgIpc) is 3.06. The van der Waals surface area contributed by atoms with Gasteiger partial charge in [-0.25, -0.2) is 0 Å². The highest BCUT2D eigenvalue weighted by Gasteiger charge is 2.28. The Hall–Kier alpha value is -0.120. The zero-order chi connectivity index (χ0) is 11.1. The number of rotatable bonds is 9. The van der Waals surface area contributed by atoms with Crippen molar-refractivity contribution in [3.8, 4) is 0 Å². The minimum Gasteiger partial charge on any atom is -0.393 e. The predicted octanol–water partition coefficient (Wildman–Crippen LogP) is 1.65. The molecule has 0 aromatic carbocycles. The molecule has 1 unspecified atom stereocenters. The monoisotopic (exact) mass is 215 g/mol. The minimum absolute atomic E-state index is 0.103. The van der Waals surface area contributed by atoms with Crippen molar-refractivity contribution < 1.29 is 9.84 Å². The fraction of sp³-hybridized carbons (Fsp3) is 1.00. The van der Waals surface area contributed by atoms with E-state index in [9.17, 15) is 5.11 Å². The average molecular weight is 215 g/mol. The van der Waals surface area contributed by atoms with Crippen molar-refractivity contribution >= 4 is 0 Å². The summed E-state index contributed by atoms with van der Waals surface area (Å²) < 4.78 is 5.11. The van der Waals surface area contributed by atoms with Gasteiger partial charge in [0.2, 0.25) is 0 Å². The van der Waals surface area contributed by atoms with Gasteiger partial charge in [-0.05, 0) is 38.6 Å². The van der Waals surface area contributed by atoms with Crippen LogP contribution in [0.1, 0.15) is 39.0 Å². The molecule has 1 aliphatic rings. The number of nitrogens with zero attached hydrogens (tertiary/aromatic N) is 1. The Morgan fingerprint density at radius 1 is 1.40 bits per heavy atom. The summed E-state index contributed by atoms with van der Waals surface area (Å²) in [4.78, 5) is 2.51. The molecule has 1 saturated carbocycles. The Balaban J connectivity index is 2.08. The number of hydrogen-bond donors (Lipinski definition) is 1. The van der Waals surface area contributed by atoms with Crippen LogP contribution in [0.4, 0.5) is 0 Å². The predicted molar refractivity (Wildman–Crippen MR) is 62.0 cm³/mol. The summed E-state index contributed by atoms with van der Waals surface area (Å²) in [6.45, 7) is 5.02. The summed E-state index contributed by atoms with van der Waals surface area (Å²) in [5.74, 6) is 0. The highest BCUT2D eigenvalue weighted by molar-refractivity contribution is 4.84. The molecule has 3 heteroatoms. The second-order valence-electron chi connectivity index (χ2n) is 4.46. The third-order valence-electron chi connectivity index (χ3n) is 3.10. The van der Waals surface area contributed by atoms with Crippen LogP contribution in [0.2, 0.25) is 0 Å². The summed E-state index contributed by atoms with van der Waals surface area (Å²) in [6, 6.07) is 0.805. The minimum atomic E-state index is -0.103. The molecule has 90 valence electrons. The van der Waals surface area contributed by atoms with Crippen molar-refractivity contribution in [2.75, 3.05) is 26.8 Å². The molecular formula is C12H25NO2. The van der Waals surface area contributed by atoms with E-state index >= 15 is 0 Å². The first-order valence-corrected chi connectivity index (χ1v) is 6.19. The van der Waals surface area contributed by atoms with Gasteiger partial charge >= 0.3 is 0 Å². The van der Waals surface area contributed by atoms with Gasteiger partial charge in [-0.2, -0.15) is 0 Å². The summed E-state index contributed by atoms with van der Waals surface area (Å²) >= 11 is 0. The molecule has 3 nitrogen and oxygen atoms in total. The van der Waals surface area contributed by atoms with Crippen LogP contribution in [0.5, 0.6) is 0 Å². The van der Waals surface area contributed by atoms with Crippen LogP contribution in [-0.4, -0.2) is 49.0 Å². The van der Waals surface area contributed by atoms with E-state index in [0.717, 1.165) is 45.0 Å². The fourth-order valence-electron chi connectivity index (χ4n) is 1.86. The lowest BCUT2D eigenvalue weighted by Crippen LogP contribution is -2.31. The van der Waals surface area contributed by atoms with Crippen LogP contribution in [0.3, 0.4) is 0 Å². The van der Waals surface area contributed by atoms with Crippen LogP contribution in [0, 0.1) is 0 Å². The van der Waals surface area contributed by atoms with Gasteiger partial charge in [0.25, 0.3) is 0 Å². The first kappa shape index (κ1) is 12.9. The summed E-state index contributed by atoms with van der Waals surface area (Å²) in [7, 11) is 1.76. The lowest BCUT2D eigenvalue weighted by Gasteiger charge is -2.21. The Morgan fingerprint density at radius 3 is 2.67 bits per heavy atom. The zero-order valence-corrected chi connectivity index (χ0v) is 10.1. The number of hydrogen-bond acceptors (Lipinski definition) is 3. The van der Waals surface area contributed by atoms with Crippen LogP contribution in [0.25, 0.3) is 0 Å². The second-order valence-corrected chi connectivity index (χ2v) is 4.46. The molecule has 1 rings (SSSR count). The summed E-state index contributed by atoms with van der Waals surface area (Å²) in [6.07, 6.45) is 5.51. The molecule has 0 amide bonds. The van der Waals surface area contributed by atoms with Gasteiger partial charge in [-0.15, -0.1) is 0 Å². The molecule has 0 heterocycles. The molecule has 0 aliphatic heterocycles. The van der Waals surface area contributed by atoms with Crippen molar-refractivity contribution in [1.29, 1.82) is 0 Å². The molecule has 15 heavy (non-hydrogen) atoms. The number of ether oxygens (including phenoxy) is 1. The number of methoxy groups -OCH3 is 1. The first-order valence-electron chi connectivity index (χ1n) is 6.19. The molecule has 1 fully saturated rings. The van der Waals surface area contributed by atoms with Gasteiger partial charge in [0.1, 0.15) is 0 Å². The summed E-state index contributed by atoms with van der Waals surface area (Å²) in [5.41, 5.74) is 0. The Morgan fingerprint density at radius 2 is 2.13 bits per heavy atom. The van der Waals surface area contributed by atoms with E-state index in [1.165, 1.54) is 12.8 Å². The second kappa shape index (κ2) is 7.20. The van der Waals surface area contributed by atoms with Gasteiger partial charge in [0.05, 0.1) is 12.7 Å². The van der Waals surface area contributed by atoms with Crippen molar-refractivity contribution in [2.45, 2.75) is 51.2 Å². The van der Waals surface area contributed by atoms with E-state index in [1.807, 2.05) is 6.92 Å². The standard InChI is InChI=1S/C12H25NO2/c1-3-12(14)5-4-8-13(9-10-15-2)11-6-7-11/h11-12,14H,3-10H2,1-2H3. The molecule has 0 saturated heterocycles. The van der Waals surface area contributed by atoms with E-state index in [1.54, 1.807) is 7.11 Å². The molecule has 1 N–H and O–H groups in total. The van der Waals surface area contributed by atoms with Gasteiger partial charge in [-0.1, -0.05) is 6.92 Å². The molecule has 0 spiro atoms. The molecule has 0 bridgehead atoms. The molecule has 1 atom stereocenters. The number of aliphatic hydroxyl groups excluding tert-OH is 1. The zero-order valence-electron chi connectivity index (χ0n) is 10.1. The maximum absolute atomic E-state index is 9.46. The Bertz CT molecular complexity index is 160. The van der Waals surface area contributed by atoms with E-state index < -0.39 is 0 Å². The van der Waals surface area contributed by atoms with E-state index in [-0.39, 0.29) is 6.10 Å². The van der Waals surface area contributed by atoms with Crippen LogP contribution >= 0.6 is 0 Å². The van der Waals surface area contributed by atoms with E-state index in [4.69, 9.17) is 4.74 Å². The van der Waals surface area contributed by atoms with Crippen LogP contribution in [-0.2, 0) is 4.74 Å². The molecule has 0 radical (unpaired) electrons. The largest absolute Gasteiger partial charge is 0.393 e. The smallest absolute Gasteiger partial charge is 0.0589 e. The van der Waals surface area contributed by atoms with Gasteiger partial charge in [-0.3, -0.25) is 4.90 Å². The van der Waals surface area contributed by atoms with E-state index in [0.29, 0.717) is 0 Å². The van der Waals surface area contributed by atoms with Gasteiger partial charge < -0.3 is 9.84 Å². The Labute approximate surface area is 93.4 Å². The first-order chi connectivity index (χ1) is 7.27. The highest BCUT2D eigenvalue weighted by Crippen LogP contribution is 2.26. The summed E-state index contributed by atoms with van der Waals surface area (Å²) in [5, 5.41) is 9.46. The lowest BCUT2D eigenvalue weighted by atomic mass is 10.1. The van der Waals surface area contributed by atoms with Crippen molar-refractivity contribution in [1.82, 2.24) is 4.90 Å². The van der Waals surface area contributed by atoms with Crippen molar-refractivity contribution in [3.05, 3.63) is 0 Å². The SMILES string of the molecule is CCC(O)CCCN(CCOC)C1CC1. The Kier molecular flexibility index (Phi) is 6.22. The highest BCUT2D eigenvalue weighted by atomic mass is 16.5. The third-order valence-corrected chi connectivity index (χ3v) is 3.10. The lowest BCUT2D eigenvalue weighted by molar-refractivity contribution is 0.127. The van der Waals surface area contributed by atoms with Crippen molar-refractivity contribution in [3.63, 3.8) is 0 Å². The third kappa shape index (κ3) is 5.50. The van der Waals surface area contributed by atoms with Crippen LogP contribution in [0.15, 0.2) is 0 Å². The quantitative estimate of drug-likeness (QED) is 0.635. The molecule has 0 aromatic rings. The van der Waals surface area contributed by atoms with Crippen molar-refractivity contribution in [2.24, 2.45) is 0 Å². The maximum Gasteiger partial charge on any atom is 0.0589 e. The number of aliphatic hydroxyl groups is 1. The van der Waals surface area contributed by atoms with Gasteiger partial charge in [0, 0.05) is 19.7 Å². The topological polar surface area (TPSA) is 32.7 Å².